The SMILES string of the molecule is C=C(C)C(=O)C1(C(C)CCCCCCC)C2CN21. The van der Waals surface area contributed by atoms with Crippen LogP contribution in [0.15, 0.2) is 12.2 Å². The third-order valence-corrected chi connectivity index (χ3v) is 4.77. The summed E-state index contributed by atoms with van der Waals surface area (Å²) in [5.74, 6) is 0.807. The molecule has 0 aliphatic carbocycles. The highest BCUT2D eigenvalue weighted by molar-refractivity contribution is 6.06. The fourth-order valence-corrected chi connectivity index (χ4v) is 3.47. The van der Waals surface area contributed by atoms with E-state index in [9.17, 15) is 4.79 Å². The molecule has 0 bridgehead atoms. The average molecular weight is 249 g/mol. The van der Waals surface area contributed by atoms with Crippen LogP contribution in [0.1, 0.15) is 59.3 Å². The second-order valence-corrected chi connectivity index (χ2v) is 6.21. The first kappa shape index (κ1) is 13.8. The van der Waals surface area contributed by atoms with E-state index >= 15 is 0 Å². The van der Waals surface area contributed by atoms with Gasteiger partial charge in [-0.05, 0) is 24.8 Å². The standard InChI is InChI=1S/C16H27NO/c1-5-6-7-8-9-10-13(4)16(14-11-17(14)16)15(18)12(2)3/h13-14H,2,5-11H2,1,3-4H3. The first-order valence-corrected chi connectivity index (χ1v) is 7.53. The number of unbranched alkanes of at least 4 members (excludes halogenated alkanes) is 4. The highest BCUT2D eigenvalue weighted by Gasteiger charge is 2.79. The molecule has 0 aromatic carbocycles. The molecule has 2 heteroatoms. The zero-order chi connectivity index (χ0) is 13.3. The van der Waals surface area contributed by atoms with Gasteiger partial charge < -0.3 is 0 Å². The number of nitrogens with zero attached hydrogens (tertiary/aromatic N) is 1. The fraction of sp³-hybridized carbons (Fsp3) is 0.812. The lowest BCUT2D eigenvalue weighted by molar-refractivity contribution is -0.121. The fourth-order valence-electron chi connectivity index (χ4n) is 3.47. The van der Waals surface area contributed by atoms with E-state index in [-0.39, 0.29) is 5.54 Å². The van der Waals surface area contributed by atoms with Crippen molar-refractivity contribution in [2.24, 2.45) is 5.92 Å². The molecule has 4 atom stereocenters. The van der Waals surface area contributed by atoms with Crippen LogP contribution in [0, 0.1) is 5.92 Å². The zero-order valence-corrected chi connectivity index (χ0v) is 12.2. The molecule has 2 heterocycles. The van der Waals surface area contributed by atoms with Gasteiger partial charge in [-0.1, -0.05) is 52.5 Å². The van der Waals surface area contributed by atoms with Gasteiger partial charge in [-0.2, -0.15) is 0 Å². The molecule has 0 aromatic rings. The van der Waals surface area contributed by atoms with Crippen LogP contribution in [-0.4, -0.2) is 28.8 Å². The number of rotatable bonds is 9. The topological polar surface area (TPSA) is 20.1 Å². The van der Waals surface area contributed by atoms with Crippen LogP contribution in [0.3, 0.4) is 0 Å². The number of fused-ring (bicyclic) bond motifs is 1. The summed E-state index contributed by atoms with van der Waals surface area (Å²) in [4.78, 5) is 14.7. The van der Waals surface area contributed by atoms with E-state index in [2.05, 4.69) is 25.3 Å². The molecular formula is C16H27NO. The molecular weight excluding hydrogens is 222 g/mol. The van der Waals surface area contributed by atoms with Crippen molar-refractivity contribution in [3.8, 4) is 0 Å². The van der Waals surface area contributed by atoms with Crippen LogP contribution in [0.4, 0.5) is 0 Å². The van der Waals surface area contributed by atoms with Crippen molar-refractivity contribution < 1.29 is 4.79 Å². The maximum Gasteiger partial charge on any atom is 0.180 e. The van der Waals surface area contributed by atoms with E-state index in [0.29, 0.717) is 17.7 Å². The molecule has 4 unspecified atom stereocenters. The van der Waals surface area contributed by atoms with E-state index in [1.54, 1.807) is 0 Å². The number of carbonyl (C=O) groups is 1. The maximum atomic E-state index is 12.3. The molecule has 2 saturated heterocycles. The molecule has 0 aromatic heterocycles. The molecule has 2 aliphatic heterocycles. The number of hydrogen-bond acceptors (Lipinski definition) is 2. The van der Waals surface area contributed by atoms with Crippen molar-refractivity contribution in [1.82, 2.24) is 4.90 Å². The summed E-state index contributed by atoms with van der Waals surface area (Å²) in [5, 5.41) is 0. The van der Waals surface area contributed by atoms with E-state index < -0.39 is 0 Å². The first-order chi connectivity index (χ1) is 8.56. The van der Waals surface area contributed by atoms with Crippen LogP contribution in [0.2, 0.25) is 0 Å². The lowest BCUT2D eigenvalue weighted by Gasteiger charge is -2.27. The van der Waals surface area contributed by atoms with Crippen molar-refractivity contribution in [2.75, 3.05) is 6.54 Å². The monoisotopic (exact) mass is 249 g/mol. The number of carbonyl (C=O) groups excluding carboxylic acids is 1. The average Bonchev–Trinajstić information content (AvgIpc) is 3.18. The maximum absolute atomic E-state index is 12.3. The van der Waals surface area contributed by atoms with Gasteiger partial charge >= 0.3 is 0 Å². The Morgan fingerprint density at radius 2 is 2.00 bits per heavy atom. The van der Waals surface area contributed by atoms with Gasteiger partial charge in [-0.25, -0.2) is 0 Å². The molecule has 0 saturated carbocycles. The minimum Gasteiger partial charge on any atom is -0.292 e. The molecule has 0 spiro atoms. The van der Waals surface area contributed by atoms with E-state index in [0.717, 1.165) is 12.1 Å². The second kappa shape index (κ2) is 5.16. The highest BCUT2D eigenvalue weighted by atomic mass is 16.1. The molecule has 0 N–H and O–H groups in total. The van der Waals surface area contributed by atoms with Crippen molar-refractivity contribution in [3.05, 3.63) is 12.2 Å². The Morgan fingerprint density at radius 3 is 2.44 bits per heavy atom. The smallest absolute Gasteiger partial charge is 0.180 e. The van der Waals surface area contributed by atoms with Gasteiger partial charge in [-0.15, -0.1) is 0 Å². The Labute approximate surface area is 111 Å². The highest BCUT2D eigenvalue weighted by Crippen LogP contribution is 2.61. The Bertz CT molecular complexity index is 339. The van der Waals surface area contributed by atoms with Gasteiger partial charge in [0, 0.05) is 12.6 Å². The van der Waals surface area contributed by atoms with Crippen LogP contribution in [0.25, 0.3) is 0 Å². The molecule has 18 heavy (non-hydrogen) atoms. The zero-order valence-electron chi connectivity index (χ0n) is 12.2. The van der Waals surface area contributed by atoms with Crippen molar-refractivity contribution in [3.63, 3.8) is 0 Å². The minimum atomic E-state index is -0.114. The Balaban J connectivity index is 1.79. The van der Waals surface area contributed by atoms with Gasteiger partial charge in [0.05, 0.1) is 0 Å². The summed E-state index contributed by atoms with van der Waals surface area (Å²) in [7, 11) is 0. The first-order valence-electron chi connectivity index (χ1n) is 7.53. The largest absolute Gasteiger partial charge is 0.292 e. The third kappa shape index (κ3) is 2.16. The quantitative estimate of drug-likeness (QED) is 0.354. The molecule has 0 amide bonds. The van der Waals surface area contributed by atoms with Gasteiger partial charge in [0.15, 0.2) is 5.78 Å². The predicted molar refractivity (Wildman–Crippen MR) is 75.6 cm³/mol. The van der Waals surface area contributed by atoms with E-state index in [1.807, 2.05) is 6.92 Å². The number of hydrogen-bond donors (Lipinski definition) is 0. The van der Waals surface area contributed by atoms with Crippen molar-refractivity contribution >= 4 is 5.78 Å². The molecule has 2 nitrogen and oxygen atoms in total. The van der Waals surface area contributed by atoms with Crippen molar-refractivity contribution in [2.45, 2.75) is 70.9 Å². The van der Waals surface area contributed by atoms with Gasteiger partial charge in [0.2, 0.25) is 0 Å². The van der Waals surface area contributed by atoms with Gasteiger partial charge in [0.1, 0.15) is 5.54 Å². The van der Waals surface area contributed by atoms with E-state index in [4.69, 9.17) is 0 Å². The van der Waals surface area contributed by atoms with Crippen molar-refractivity contribution in [1.29, 1.82) is 0 Å². The summed E-state index contributed by atoms with van der Waals surface area (Å²) < 4.78 is 0. The molecule has 2 fully saturated rings. The molecule has 2 aliphatic rings. The lowest BCUT2D eigenvalue weighted by Crippen LogP contribution is -2.43. The summed E-state index contributed by atoms with van der Waals surface area (Å²) in [5.41, 5.74) is 0.622. The molecule has 2 rings (SSSR count). The van der Waals surface area contributed by atoms with Crippen LogP contribution < -0.4 is 0 Å². The summed E-state index contributed by atoms with van der Waals surface area (Å²) >= 11 is 0. The molecule has 0 radical (unpaired) electrons. The Hall–Kier alpha value is -0.630. The van der Waals surface area contributed by atoms with E-state index in [1.165, 1.54) is 38.5 Å². The molecule has 102 valence electrons. The summed E-state index contributed by atoms with van der Waals surface area (Å²) in [6.45, 7) is 11.3. The summed E-state index contributed by atoms with van der Waals surface area (Å²) in [6, 6.07) is 0.562. The number of ketones is 1. The Morgan fingerprint density at radius 1 is 1.39 bits per heavy atom. The van der Waals surface area contributed by atoms with Crippen LogP contribution >= 0.6 is 0 Å². The van der Waals surface area contributed by atoms with Crippen LogP contribution in [-0.2, 0) is 4.79 Å². The normalized spacial score (nSPS) is 33.7. The van der Waals surface area contributed by atoms with Crippen LogP contribution in [0.5, 0.6) is 0 Å². The predicted octanol–water partition coefficient (Wildman–Crippen LogP) is 3.56. The lowest BCUT2D eigenvalue weighted by atomic mass is 9.79. The van der Waals surface area contributed by atoms with Gasteiger partial charge in [-0.3, -0.25) is 9.69 Å². The Kier molecular flexibility index (Phi) is 3.96. The third-order valence-electron chi connectivity index (χ3n) is 4.77. The van der Waals surface area contributed by atoms with Gasteiger partial charge in [0.25, 0.3) is 0 Å². The summed E-state index contributed by atoms with van der Waals surface area (Å²) in [6.07, 6.45) is 7.77. The number of Topliss-reactive ketones (excluding diaryl/α,β-unsaturated/α-hetero) is 1. The second-order valence-electron chi connectivity index (χ2n) is 6.21. The minimum absolute atomic E-state index is 0.114.